The summed E-state index contributed by atoms with van der Waals surface area (Å²) in [5, 5.41) is 20.8. The summed E-state index contributed by atoms with van der Waals surface area (Å²) in [4.78, 5) is 0. The maximum Gasteiger partial charge on any atom is 0.0781 e. The summed E-state index contributed by atoms with van der Waals surface area (Å²) in [6.07, 6.45) is -0.297. The Bertz CT molecular complexity index is 288. The van der Waals surface area contributed by atoms with Crippen molar-refractivity contribution in [3.8, 4) is 0 Å². The van der Waals surface area contributed by atoms with Crippen molar-refractivity contribution in [1.29, 1.82) is 0 Å². The van der Waals surface area contributed by atoms with Gasteiger partial charge in [0.25, 0.3) is 0 Å². The SMILES string of the molecule is C1CO1.C=CSCCOCC(C)O.C=CSCCOCC(C)OCCO. The monoisotopic (exact) mass is 412 g/mol. The van der Waals surface area contributed by atoms with Crippen molar-refractivity contribution in [3.63, 3.8) is 0 Å². The van der Waals surface area contributed by atoms with Crippen LogP contribution in [0.25, 0.3) is 0 Å². The van der Waals surface area contributed by atoms with Crippen molar-refractivity contribution >= 4 is 23.5 Å². The number of aliphatic hydroxyl groups is 2. The fraction of sp³-hybridized carbons (Fsp3) is 0.778. The maximum atomic E-state index is 8.76. The first kappa shape index (κ1) is 28.2. The number of hydrogen-bond donors (Lipinski definition) is 2. The summed E-state index contributed by atoms with van der Waals surface area (Å²) >= 11 is 3.25. The van der Waals surface area contributed by atoms with Crippen LogP contribution in [-0.4, -0.2) is 86.8 Å². The number of epoxide rings is 1. The van der Waals surface area contributed by atoms with Crippen LogP contribution in [0, 0.1) is 0 Å². The van der Waals surface area contributed by atoms with E-state index in [1.165, 1.54) is 0 Å². The number of hydrogen-bond acceptors (Lipinski definition) is 8. The highest BCUT2D eigenvalue weighted by Crippen LogP contribution is 2.00. The molecule has 0 saturated carbocycles. The van der Waals surface area contributed by atoms with Gasteiger partial charge in [0, 0.05) is 11.5 Å². The smallest absolute Gasteiger partial charge is 0.0781 e. The zero-order valence-corrected chi connectivity index (χ0v) is 17.8. The van der Waals surface area contributed by atoms with Gasteiger partial charge in [0.2, 0.25) is 0 Å². The summed E-state index contributed by atoms with van der Waals surface area (Å²) in [6.45, 7) is 15.6. The largest absolute Gasteiger partial charge is 0.394 e. The molecule has 8 heteroatoms. The second kappa shape index (κ2) is 24.9. The van der Waals surface area contributed by atoms with E-state index in [9.17, 15) is 0 Å². The molecule has 0 aromatic carbocycles. The first-order chi connectivity index (χ1) is 12.6. The van der Waals surface area contributed by atoms with E-state index in [0.29, 0.717) is 33.0 Å². The Morgan fingerprint density at radius 1 is 1.00 bits per heavy atom. The Kier molecular flexibility index (Phi) is 27.0. The zero-order chi connectivity index (χ0) is 19.9. The third kappa shape index (κ3) is 35.1. The lowest BCUT2D eigenvalue weighted by Gasteiger charge is -2.11. The van der Waals surface area contributed by atoms with Crippen LogP contribution in [0.4, 0.5) is 0 Å². The molecule has 0 radical (unpaired) electrons. The van der Waals surface area contributed by atoms with Gasteiger partial charge in [0.1, 0.15) is 0 Å². The van der Waals surface area contributed by atoms with E-state index in [2.05, 4.69) is 17.9 Å². The van der Waals surface area contributed by atoms with Crippen molar-refractivity contribution in [2.45, 2.75) is 26.1 Å². The van der Waals surface area contributed by atoms with E-state index in [1.54, 1.807) is 41.3 Å². The van der Waals surface area contributed by atoms with Crippen LogP contribution in [0.15, 0.2) is 24.0 Å². The molecule has 1 fully saturated rings. The number of aliphatic hydroxyl groups excluding tert-OH is 2. The molecule has 1 aliphatic rings. The fourth-order valence-electron chi connectivity index (χ4n) is 1.19. The molecule has 0 amide bonds. The second-order valence-corrected chi connectivity index (χ2v) is 7.24. The summed E-state index contributed by atoms with van der Waals surface area (Å²) in [6, 6.07) is 0. The molecule has 1 aliphatic heterocycles. The fourth-order valence-corrected chi connectivity index (χ4v) is 1.95. The predicted octanol–water partition coefficient (Wildman–Crippen LogP) is 2.55. The Labute approximate surface area is 167 Å². The minimum atomic E-state index is -0.353. The first-order valence-corrected chi connectivity index (χ1v) is 10.8. The summed E-state index contributed by atoms with van der Waals surface area (Å²) < 4.78 is 20.1. The quantitative estimate of drug-likeness (QED) is 0.314. The van der Waals surface area contributed by atoms with Gasteiger partial charge in [-0.05, 0) is 24.7 Å². The molecule has 0 aromatic rings. The van der Waals surface area contributed by atoms with Crippen molar-refractivity contribution in [2.75, 3.05) is 64.4 Å². The topological polar surface area (TPSA) is 80.7 Å². The van der Waals surface area contributed by atoms with Gasteiger partial charge in [-0.1, -0.05) is 13.2 Å². The van der Waals surface area contributed by atoms with Crippen LogP contribution in [0.1, 0.15) is 13.8 Å². The van der Waals surface area contributed by atoms with Gasteiger partial charge in [-0.2, -0.15) is 0 Å². The normalized spacial score (nSPS) is 14.2. The Hall–Kier alpha value is -0.0600. The Balaban J connectivity index is 0. The van der Waals surface area contributed by atoms with Gasteiger partial charge in [-0.3, -0.25) is 0 Å². The van der Waals surface area contributed by atoms with Crippen molar-refractivity contribution in [1.82, 2.24) is 0 Å². The van der Waals surface area contributed by atoms with E-state index >= 15 is 0 Å². The summed E-state index contributed by atoms with van der Waals surface area (Å²) in [7, 11) is 0. The Morgan fingerprint density at radius 2 is 1.50 bits per heavy atom. The van der Waals surface area contributed by atoms with Gasteiger partial charge in [0.05, 0.1) is 65.1 Å². The van der Waals surface area contributed by atoms with Crippen LogP contribution in [-0.2, 0) is 18.9 Å². The second-order valence-electron chi connectivity index (χ2n) is 5.09. The minimum Gasteiger partial charge on any atom is -0.394 e. The number of rotatable bonds is 15. The van der Waals surface area contributed by atoms with Crippen LogP contribution < -0.4 is 0 Å². The Morgan fingerprint density at radius 3 is 1.88 bits per heavy atom. The molecule has 0 spiro atoms. The predicted molar refractivity (Wildman–Crippen MR) is 112 cm³/mol. The minimum absolute atomic E-state index is 0.0564. The summed E-state index contributed by atoms with van der Waals surface area (Å²) in [5.41, 5.74) is 0. The lowest BCUT2D eigenvalue weighted by molar-refractivity contribution is -0.0149. The maximum absolute atomic E-state index is 8.76. The van der Waals surface area contributed by atoms with E-state index in [1.807, 2.05) is 6.92 Å². The van der Waals surface area contributed by atoms with Crippen molar-refractivity contribution in [3.05, 3.63) is 24.0 Å². The highest BCUT2D eigenvalue weighted by Gasteiger charge is 2.00. The lowest BCUT2D eigenvalue weighted by atomic mass is 10.4. The van der Waals surface area contributed by atoms with E-state index < -0.39 is 0 Å². The molecule has 2 N–H and O–H groups in total. The molecule has 2 atom stereocenters. The highest BCUT2D eigenvalue weighted by atomic mass is 32.2. The van der Waals surface area contributed by atoms with Gasteiger partial charge in [0.15, 0.2) is 0 Å². The summed E-state index contributed by atoms with van der Waals surface area (Å²) in [5.74, 6) is 1.84. The van der Waals surface area contributed by atoms with Crippen LogP contribution in [0.2, 0.25) is 0 Å². The number of thioether (sulfide) groups is 2. The zero-order valence-electron chi connectivity index (χ0n) is 16.1. The van der Waals surface area contributed by atoms with Gasteiger partial charge in [-0.25, -0.2) is 0 Å². The molecule has 1 heterocycles. The molecule has 1 rings (SSSR count). The van der Waals surface area contributed by atoms with Crippen molar-refractivity contribution < 1.29 is 29.2 Å². The van der Waals surface area contributed by atoms with Gasteiger partial charge in [-0.15, -0.1) is 23.5 Å². The van der Waals surface area contributed by atoms with Crippen LogP contribution in [0.3, 0.4) is 0 Å². The van der Waals surface area contributed by atoms with E-state index in [-0.39, 0.29) is 18.8 Å². The molecule has 0 aromatic heterocycles. The van der Waals surface area contributed by atoms with E-state index in [4.69, 9.17) is 24.4 Å². The molecule has 0 aliphatic carbocycles. The van der Waals surface area contributed by atoms with Crippen molar-refractivity contribution in [2.24, 2.45) is 0 Å². The number of ether oxygens (including phenoxy) is 4. The van der Waals surface area contributed by atoms with Gasteiger partial charge >= 0.3 is 0 Å². The molecule has 0 bridgehead atoms. The molecule has 26 heavy (non-hydrogen) atoms. The van der Waals surface area contributed by atoms with Crippen LogP contribution >= 0.6 is 23.5 Å². The van der Waals surface area contributed by atoms with Gasteiger partial charge < -0.3 is 29.2 Å². The molecular weight excluding hydrogens is 376 g/mol. The molecule has 2 unspecified atom stereocenters. The highest BCUT2D eigenvalue weighted by molar-refractivity contribution is 8.02. The molecule has 1 saturated heterocycles. The third-order valence-electron chi connectivity index (χ3n) is 2.34. The first-order valence-electron chi connectivity index (χ1n) is 8.67. The molecule has 6 nitrogen and oxygen atoms in total. The van der Waals surface area contributed by atoms with Crippen LogP contribution in [0.5, 0.6) is 0 Å². The third-order valence-corrected chi connectivity index (χ3v) is 3.61. The average Bonchev–Trinajstić information content (AvgIpc) is 3.49. The average molecular weight is 413 g/mol. The standard InChI is InChI=1S/C9H18O3S.C7H14O2S.C2H4O/c1-3-13-7-6-11-8-9(2)12-5-4-10;1-3-10-5-4-9-6-7(2)8;1-2-3-1/h3,9-10H,1,4-8H2,2H3;3,7-8H,1,4-6H2,2H3;1-2H2. The lowest BCUT2D eigenvalue weighted by Crippen LogP contribution is -2.18. The van der Waals surface area contributed by atoms with E-state index in [0.717, 1.165) is 24.7 Å². The molecular formula is C18H36O6S2. The molecule has 156 valence electrons.